The summed E-state index contributed by atoms with van der Waals surface area (Å²) >= 11 is 3.19. The summed E-state index contributed by atoms with van der Waals surface area (Å²) in [6, 6.07) is 3.70. The smallest absolute Gasteiger partial charge is 0.169 e. The van der Waals surface area contributed by atoms with Crippen LogP contribution in [0.2, 0.25) is 0 Å². The maximum absolute atomic E-state index is 10.6. The third-order valence-corrected chi connectivity index (χ3v) is 1.78. The fourth-order valence-electron chi connectivity index (χ4n) is 0.785. The van der Waals surface area contributed by atoms with Crippen molar-refractivity contribution in [1.82, 2.24) is 0 Å². The van der Waals surface area contributed by atoms with Crippen molar-refractivity contribution in [2.75, 3.05) is 0 Å². The molecule has 0 aromatic carbocycles. The van der Waals surface area contributed by atoms with Crippen molar-refractivity contribution in [3.05, 3.63) is 22.6 Å². The molecule has 0 saturated carbocycles. The monoisotopic (exact) mass is 216 g/mol. The minimum Gasteiger partial charge on any atom is -0.454 e. The Kier molecular flexibility index (Phi) is 2.88. The second kappa shape index (κ2) is 3.72. The van der Waals surface area contributed by atoms with E-state index >= 15 is 0 Å². The van der Waals surface area contributed by atoms with Crippen LogP contribution >= 0.6 is 15.9 Å². The zero-order chi connectivity index (χ0) is 8.27. The Hall–Kier alpha value is -0.570. The Morgan fingerprint density at radius 2 is 2.36 bits per heavy atom. The highest BCUT2D eigenvalue weighted by Crippen LogP contribution is 2.15. The van der Waals surface area contributed by atoms with E-state index in [2.05, 4.69) is 15.9 Å². The molecule has 0 unspecified atom stereocenters. The third-order valence-electron chi connectivity index (χ3n) is 1.35. The highest BCUT2D eigenvalue weighted by molar-refractivity contribution is 9.10. The van der Waals surface area contributed by atoms with Gasteiger partial charge in [-0.1, -0.05) is 0 Å². The first kappa shape index (κ1) is 8.53. The van der Waals surface area contributed by atoms with Crippen LogP contribution in [0.5, 0.6) is 0 Å². The van der Waals surface area contributed by atoms with Crippen molar-refractivity contribution < 1.29 is 9.21 Å². The molecule has 1 heterocycles. The van der Waals surface area contributed by atoms with Crippen LogP contribution in [-0.4, -0.2) is 5.78 Å². The first-order valence-corrected chi connectivity index (χ1v) is 4.21. The van der Waals surface area contributed by atoms with Gasteiger partial charge in [-0.2, -0.15) is 0 Å². The summed E-state index contributed by atoms with van der Waals surface area (Å²) < 4.78 is 5.92. The van der Waals surface area contributed by atoms with Gasteiger partial charge < -0.3 is 9.21 Å². The molecule has 3 heteroatoms. The van der Waals surface area contributed by atoms with Gasteiger partial charge in [0, 0.05) is 12.8 Å². The molecule has 11 heavy (non-hydrogen) atoms. The van der Waals surface area contributed by atoms with Gasteiger partial charge in [0.05, 0.1) is 0 Å². The number of carbonyl (C=O) groups excluding carboxylic acids is 1. The average molecular weight is 217 g/mol. The minimum atomic E-state index is 0.192. The van der Waals surface area contributed by atoms with Gasteiger partial charge in [0.1, 0.15) is 11.5 Å². The van der Waals surface area contributed by atoms with Crippen LogP contribution in [-0.2, 0) is 11.2 Å². The Bertz CT molecular complexity index is 252. The molecular formula is C8H9BrO2. The number of carbonyl (C=O) groups is 1. The van der Waals surface area contributed by atoms with Crippen molar-refractivity contribution >= 4 is 21.7 Å². The summed E-state index contributed by atoms with van der Waals surface area (Å²) in [7, 11) is 0. The molecule has 0 saturated heterocycles. The number of furan rings is 1. The summed E-state index contributed by atoms with van der Waals surface area (Å²) in [4.78, 5) is 10.6. The van der Waals surface area contributed by atoms with Crippen LogP contribution in [0.3, 0.4) is 0 Å². The molecule has 1 aromatic rings. The molecule has 0 aliphatic heterocycles. The van der Waals surface area contributed by atoms with Gasteiger partial charge >= 0.3 is 0 Å². The van der Waals surface area contributed by atoms with E-state index in [0.717, 1.165) is 10.4 Å². The van der Waals surface area contributed by atoms with Gasteiger partial charge in [-0.25, -0.2) is 0 Å². The maximum Gasteiger partial charge on any atom is 0.169 e. The van der Waals surface area contributed by atoms with Gasteiger partial charge in [0.2, 0.25) is 0 Å². The molecular weight excluding hydrogens is 208 g/mol. The molecule has 1 rings (SSSR count). The zero-order valence-electron chi connectivity index (χ0n) is 6.26. The minimum absolute atomic E-state index is 0.192. The predicted octanol–water partition coefficient (Wildman–Crippen LogP) is 2.56. The number of Topliss-reactive ketones (excluding diaryl/α,β-unsaturated/α-hetero) is 1. The second-order valence-electron chi connectivity index (χ2n) is 2.41. The van der Waals surface area contributed by atoms with Gasteiger partial charge in [-0.05, 0) is 35.0 Å². The van der Waals surface area contributed by atoms with Gasteiger partial charge in [-0.15, -0.1) is 0 Å². The van der Waals surface area contributed by atoms with Crippen LogP contribution in [0.15, 0.2) is 21.2 Å². The largest absolute Gasteiger partial charge is 0.454 e. The van der Waals surface area contributed by atoms with Gasteiger partial charge in [0.25, 0.3) is 0 Å². The topological polar surface area (TPSA) is 30.2 Å². The van der Waals surface area contributed by atoms with E-state index in [-0.39, 0.29) is 5.78 Å². The Morgan fingerprint density at radius 3 is 2.82 bits per heavy atom. The molecule has 2 nitrogen and oxygen atoms in total. The number of rotatable bonds is 3. The molecule has 0 aliphatic rings. The van der Waals surface area contributed by atoms with E-state index in [1.165, 1.54) is 0 Å². The molecule has 1 aromatic heterocycles. The summed E-state index contributed by atoms with van der Waals surface area (Å²) in [5.41, 5.74) is 0. The van der Waals surface area contributed by atoms with Crippen LogP contribution in [0.4, 0.5) is 0 Å². The fourth-order valence-corrected chi connectivity index (χ4v) is 1.13. The summed E-state index contributed by atoms with van der Waals surface area (Å²) in [5.74, 6) is 1.05. The first-order valence-electron chi connectivity index (χ1n) is 3.42. The Balaban J connectivity index is 2.45. The number of hydrogen-bond donors (Lipinski definition) is 0. The van der Waals surface area contributed by atoms with E-state index < -0.39 is 0 Å². The van der Waals surface area contributed by atoms with Crippen LogP contribution in [0.25, 0.3) is 0 Å². The second-order valence-corrected chi connectivity index (χ2v) is 3.19. The highest BCUT2D eigenvalue weighted by Gasteiger charge is 2.00. The lowest BCUT2D eigenvalue weighted by molar-refractivity contribution is -0.117. The number of halogens is 1. The van der Waals surface area contributed by atoms with Crippen molar-refractivity contribution in [2.45, 2.75) is 19.8 Å². The first-order chi connectivity index (χ1) is 5.18. The van der Waals surface area contributed by atoms with Crippen molar-refractivity contribution in [3.63, 3.8) is 0 Å². The molecule has 0 spiro atoms. The molecule has 0 N–H and O–H groups in total. The average Bonchev–Trinajstić information content (AvgIpc) is 2.31. The van der Waals surface area contributed by atoms with E-state index in [1.807, 2.05) is 12.1 Å². The lowest BCUT2D eigenvalue weighted by Gasteiger charge is -1.90. The Labute approximate surface area is 73.7 Å². The molecule has 0 radical (unpaired) electrons. The number of hydrogen-bond acceptors (Lipinski definition) is 2. The van der Waals surface area contributed by atoms with Gasteiger partial charge in [-0.3, -0.25) is 0 Å². The van der Waals surface area contributed by atoms with Crippen molar-refractivity contribution in [2.24, 2.45) is 0 Å². The highest BCUT2D eigenvalue weighted by atomic mass is 79.9. The molecule has 0 bridgehead atoms. The lowest BCUT2D eigenvalue weighted by Crippen LogP contribution is -1.91. The van der Waals surface area contributed by atoms with Gasteiger partial charge in [0.15, 0.2) is 4.67 Å². The van der Waals surface area contributed by atoms with E-state index in [1.54, 1.807) is 6.92 Å². The lowest BCUT2D eigenvalue weighted by atomic mass is 10.2. The predicted molar refractivity (Wildman–Crippen MR) is 45.4 cm³/mol. The van der Waals surface area contributed by atoms with Crippen LogP contribution < -0.4 is 0 Å². The summed E-state index contributed by atoms with van der Waals surface area (Å²) in [6.07, 6.45) is 1.25. The summed E-state index contributed by atoms with van der Waals surface area (Å²) in [6.45, 7) is 1.58. The number of aryl methyl sites for hydroxylation is 1. The maximum atomic E-state index is 10.6. The third kappa shape index (κ3) is 2.89. The fraction of sp³-hybridized carbons (Fsp3) is 0.375. The molecule has 60 valence electrons. The van der Waals surface area contributed by atoms with E-state index in [4.69, 9.17) is 4.42 Å². The molecule has 0 fully saturated rings. The molecule has 0 amide bonds. The van der Waals surface area contributed by atoms with E-state index in [0.29, 0.717) is 12.8 Å². The van der Waals surface area contributed by atoms with E-state index in [9.17, 15) is 4.79 Å². The van der Waals surface area contributed by atoms with Crippen molar-refractivity contribution in [1.29, 1.82) is 0 Å². The van der Waals surface area contributed by atoms with Crippen LogP contribution in [0.1, 0.15) is 19.1 Å². The number of ketones is 1. The standard InChI is InChI=1S/C8H9BrO2/c1-6(10)2-3-7-4-5-8(9)11-7/h4-5H,2-3H2,1H3. The van der Waals surface area contributed by atoms with Crippen molar-refractivity contribution in [3.8, 4) is 0 Å². The molecule has 0 aliphatic carbocycles. The Morgan fingerprint density at radius 1 is 1.64 bits per heavy atom. The summed E-state index contributed by atoms with van der Waals surface area (Å²) in [5, 5.41) is 0. The quantitative estimate of drug-likeness (QED) is 0.778. The SMILES string of the molecule is CC(=O)CCc1ccc(Br)o1. The zero-order valence-corrected chi connectivity index (χ0v) is 7.85. The normalized spacial score (nSPS) is 10.0. The molecule has 0 atom stereocenters. The van der Waals surface area contributed by atoms with Crippen LogP contribution in [0, 0.1) is 0 Å².